The molecule has 2 aromatic carbocycles. The van der Waals surface area contributed by atoms with Gasteiger partial charge >= 0.3 is 0 Å². The summed E-state index contributed by atoms with van der Waals surface area (Å²) in [7, 11) is -3.85. The average Bonchev–Trinajstić information content (AvgIpc) is 2.38. The van der Waals surface area contributed by atoms with Crippen molar-refractivity contribution in [3.8, 4) is 0 Å². The molecule has 2 aromatic rings. The second-order valence-corrected chi connectivity index (χ2v) is 5.53. The Balaban J connectivity index is 2.38. The molecule has 0 amide bonds. The molecule has 2 rings (SSSR count). The monoisotopic (exact) mass is 281 g/mol. The molecule has 0 aromatic heterocycles. The maximum atomic E-state index is 13.0. The van der Waals surface area contributed by atoms with E-state index in [0.717, 1.165) is 6.07 Å². The van der Waals surface area contributed by atoms with Crippen LogP contribution in [0.2, 0.25) is 0 Å². The normalized spacial score (nSPS) is 11.3. The van der Waals surface area contributed by atoms with Crippen molar-refractivity contribution in [1.29, 1.82) is 0 Å². The molecule has 0 spiro atoms. The van der Waals surface area contributed by atoms with Crippen molar-refractivity contribution >= 4 is 15.7 Å². The highest BCUT2D eigenvalue weighted by Crippen LogP contribution is 2.20. The Morgan fingerprint density at radius 2 is 1.84 bits per heavy atom. The number of nitrogens with one attached hydrogen (secondary N) is 1. The van der Waals surface area contributed by atoms with Crippen molar-refractivity contribution < 1.29 is 17.9 Å². The molecular weight excluding hydrogens is 269 g/mol. The second kappa shape index (κ2) is 5.38. The van der Waals surface area contributed by atoms with E-state index >= 15 is 0 Å². The molecule has 6 heteroatoms. The lowest BCUT2D eigenvalue weighted by Crippen LogP contribution is -2.15. The Morgan fingerprint density at radius 3 is 2.53 bits per heavy atom. The van der Waals surface area contributed by atoms with Crippen molar-refractivity contribution in [2.75, 3.05) is 4.72 Å². The van der Waals surface area contributed by atoms with Crippen LogP contribution in [0.3, 0.4) is 0 Å². The van der Waals surface area contributed by atoms with Gasteiger partial charge in [-0.2, -0.15) is 0 Å². The fraction of sp³-hybridized carbons (Fsp3) is 0.0769. The minimum atomic E-state index is -3.85. The van der Waals surface area contributed by atoms with Crippen LogP contribution in [0.5, 0.6) is 0 Å². The summed E-state index contributed by atoms with van der Waals surface area (Å²) in [5, 5.41) is 9.14. The number of aliphatic hydroxyl groups is 1. The summed E-state index contributed by atoms with van der Waals surface area (Å²) in [6, 6.07) is 11.2. The molecule has 0 saturated carbocycles. The Morgan fingerprint density at radius 1 is 1.11 bits per heavy atom. The molecule has 100 valence electrons. The third kappa shape index (κ3) is 3.10. The zero-order chi connectivity index (χ0) is 13.9. The van der Waals surface area contributed by atoms with E-state index in [1.807, 2.05) is 0 Å². The molecule has 0 aliphatic carbocycles. The van der Waals surface area contributed by atoms with Crippen molar-refractivity contribution in [2.45, 2.75) is 11.5 Å². The molecule has 2 N–H and O–H groups in total. The maximum absolute atomic E-state index is 13.0. The molecule has 0 atom stereocenters. The Bertz CT molecular complexity index is 686. The number of hydrogen-bond donors (Lipinski definition) is 2. The first-order chi connectivity index (χ1) is 9.03. The predicted octanol–water partition coefficient (Wildman–Crippen LogP) is 2.12. The fourth-order valence-electron chi connectivity index (χ4n) is 1.66. The minimum Gasteiger partial charge on any atom is -0.392 e. The quantitative estimate of drug-likeness (QED) is 0.902. The lowest BCUT2D eigenvalue weighted by molar-refractivity contribution is 0.278. The van der Waals surface area contributed by atoms with E-state index in [1.54, 1.807) is 12.1 Å². The Labute approximate surface area is 110 Å². The standard InChI is InChI=1S/C13H12FNO3S/c14-11-5-3-6-12(8-11)15-19(17,18)13-7-2-1-4-10(13)9-16/h1-8,15-16H,9H2. The van der Waals surface area contributed by atoms with Crippen LogP contribution in [0.4, 0.5) is 10.1 Å². The molecule has 19 heavy (non-hydrogen) atoms. The number of halogens is 1. The molecular formula is C13H12FNO3S. The highest BCUT2D eigenvalue weighted by Gasteiger charge is 2.17. The topological polar surface area (TPSA) is 66.4 Å². The van der Waals surface area contributed by atoms with Gasteiger partial charge in [0.1, 0.15) is 5.82 Å². The van der Waals surface area contributed by atoms with Gasteiger partial charge in [0.15, 0.2) is 0 Å². The maximum Gasteiger partial charge on any atom is 0.262 e. The molecule has 0 bridgehead atoms. The van der Waals surface area contributed by atoms with E-state index in [1.165, 1.54) is 30.3 Å². The summed E-state index contributed by atoms with van der Waals surface area (Å²) < 4.78 is 39.6. The van der Waals surface area contributed by atoms with Crippen LogP contribution in [0.25, 0.3) is 0 Å². The number of rotatable bonds is 4. The molecule has 4 nitrogen and oxygen atoms in total. The summed E-state index contributed by atoms with van der Waals surface area (Å²) in [5.74, 6) is -0.532. The van der Waals surface area contributed by atoms with Gasteiger partial charge in [-0.25, -0.2) is 12.8 Å². The number of hydrogen-bond acceptors (Lipinski definition) is 3. The third-order valence-electron chi connectivity index (χ3n) is 2.51. The van der Waals surface area contributed by atoms with Crippen molar-refractivity contribution in [3.63, 3.8) is 0 Å². The first-order valence-corrected chi connectivity index (χ1v) is 6.98. The minimum absolute atomic E-state index is 0.0261. The largest absolute Gasteiger partial charge is 0.392 e. The third-order valence-corrected chi connectivity index (χ3v) is 3.99. The summed E-state index contributed by atoms with van der Waals surface area (Å²) in [4.78, 5) is -0.0261. The van der Waals surface area contributed by atoms with Gasteiger partial charge in [0.25, 0.3) is 10.0 Å². The van der Waals surface area contributed by atoms with Gasteiger partial charge in [-0.3, -0.25) is 4.72 Å². The Hall–Kier alpha value is -1.92. The van der Waals surface area contributed by atoms with Crippen LogP contribution >= 0.6 is 0 Å². The zero-order valence-electron chi connectivity index (χ0n) is 9.88. The number of benzene rings is 2. The van der Waals surface area contributed by atoms with E-state index < -0.39 is 15.8 Å². The van der Waals surface area contributed by atoms with Gasteiger partial charge in [-0.15, -0.1) is 0 Å². The smallest absolute Gasteiger partial charge is 0.262 e. The molecule has 0 aliphatic rings. The van der Waals surface area contributed by atoms with Gasteiger partial charge in [0.05, 0.1) is 17.2 Å². The van der Waals surface area contributed by atoms with Crippen LogP contribution in [0.15, 0.2) is 53.4 Å². The van der Waals surface area contributed by atoms with E-state index in [9.17, 15) is 12.8 Å². The van der Waals surface area contributed by atoms with E-state index in [-0.39, 0.29) is 22.8 Å². The highest BCUT2D eigenvalue weighted by atomic mass is 32.2. The van der Waals surface area contributed by atoms with Gasteiger partial charge in [0.2, 0.25) is 0 Å². The first kappa shape index (κ1) is 13.5. The van der Waals surface area contributed by atoms with Crippen molar-refractivity contribution in [2.24, 2.45) is 0 Å². The zero-order valence-corrected chi connectivity index (χ0v) is 10.7. The molecule has 0 fully saturated rings. The van der Waals surface area contributed by atoms with Crippen LogP contribution in [-0.4, -0.2) is 13.5 Å². The van der Waals surface area contributed by atoms with Gasteiger partial charge in [-0.1, -0.05) is 24.3 Å². The molecule has 0 saturated heterocycles. The summed E-state index contributed by atoms with van der Waals surface area (Å²) in [6.07, 6.45) is 0. The molecule has 0 aliphatic heterocycles. The van der Waals surface area contributed by atoms with Gasteiger partial charge < -0.3 is 5.11 Å². The first-order valence-electron chi connectivity index (χ1n) is 5.50. The highest BCUT2D eigenvalue weighted by molar-refractivity contribution is 7.92. The fourth-order valence-corrected chi connectivity index (χ4v) is 2.94. The number of anilines is 1. The van der Waals surface area contributed by atoms with Crippen LogP contribution in [0, 0.1) is 5.82 Å². The average molecular weight is 281 g/mol. The molecule has 0 unspecified atom stereocenters. The number of sulfonamides is 1. The summed E-state index contributed by atoms with van der Waals surface area (Å²) in [5.41, 5.74) is 0.416. The van der Waals surface area contributed by atoms with Crippen LogP contribution in [-0.2, 0) is 16.6 Å². The second-order valence-electron chi connectivity index (χ2n) is 3.88. The van der Waals surface area contributed by atoms with E-state index in [2.05, 4.69) is 4.72 Å². The summed E-state index contributed by atoms with van der Waals surface area (Å²) >= 11 is 0. The SMILES string of the molecule is O=S(=O)(Nc1cccc(F)c1)c1ccccc1CO. The van der Waals surface area contributed by atoms with Crippen molar-refractivity contribution in [1.82, 2.24) is 0 Å². The van der Waals surface area contributed by atoms with E-state index in [0.29, 0.717) is 0 Å². The van der Waals surface area contributed by atoms with Crippen LogP contribution < -0.4 is 4.72 Å². The number of aliphatic hydroxyl groups excluding tert-OH is 1. The Kier molecular flexibility index (Phi) is 3.82. The van der Waals surface area contributed by atoms with E-state index in [4.69, 9.17) is 5.11 Å². The lowest BCUT2D eigenvalue weighted by atomic mass is 10.2. The molecule has 0 radical (unpaired) electrons. The summed E-state index contributed by atoms with van der Waals surface area (Å²) in [6.45, 7) is -0.389. The molecule has 0 heterocycles. The van der Waals surface area contributed by atoms with Crippen molar-refractivity contribution in [3.05, 3.63) is 59.9 Å². The van der Waals surface area contributed by atoms with Gasteiger partial charge in [-0.05, 0) is 29.8 Å². The predicted molar refractivity (Wildman–Crippen MR) is 69.6 cm³/mol. The lowest BCUT2D eigenvalue weighted by Gasteiger charge is -2.11. The van der Waals surface area contributed by atoms with Crippen LogP contribution in [0.1, 0.15) is 5.56 Å². The van der Waals surface area contributed by atoms with Gasteiger partial charge in [0, 0.05) is 0 Å².